The summed E-state index contributed by atoms with van der Waals surface area (Å²) in [6, 6.07) is 5.81. The van der Waals surface area contributed by atoms with Crippen molar-refractivity contribution >= 4 is 27.8 Å². The van der Waals surface area contributed by atoms with E-state index in [1.807, 2.05) is 18.2 Å². The van der Waals surface area contributed by atoms with E-state index in [2.05, 4.69) is 25.9 Å². The molecule has 0 aliphatic heterocycles. The summed E-state index contributed by atoms with van der Waals surface area (Å²) < 4.78 is 6.24. The van der Waals surface area contributed by atoms with Crippen LogP contribution in [0.3, 0.4) is 0 Å². The maximum atomic E-state index is 5.50. The van der Waals surface area contributed by atoms with Crippen molar-refractivity contribution in [3.8, 4) is 5.75 Å². The van der Waals surface area contributed by atoms with Gasteiger partial charge in [-0.2, -0.15) is 4.99 Å². The van der Waals surface area contributed by atoms with E-state index in [0.29, 0.717) is 13.0 Å². The second-order valence-electron chi connectivity index (χ2n) is 3.48. The maximum absolute atomic E-state index is 5.50. The molecule has 0 amide bonds. The van der Waals surface area contributed by atoms with E-state index in [-0.39, 0.29) is 11.9 Å². The summed E-state index contributed by atoms with van der Waals surface area (Å²) >= 11 is 3.38. The average molecular weight is 314 g/mol. The van der Waals surface area contributed by atoms with E-state index in [9.17, 15) is 0 Å². The van der Waals surface area contributed by atoms with Crippen molar-refractivity contribution in [1.29, 1.82) is 0 Å². The molecule has 0 saturated carbocycles. The molecule has 0 fully saturated rings. The van der Waals surface area contributed by atoms with Crippen LogP contribution >= 0.6 is 15.9 Å². The molecule has 0 heterocycles. The summed E-state index contributed by atoms with van der Waals surface area (Å²) in [5.74, 6) is 0.781. The van der Waals surface area contributed by atoms with Crippen LogP contribution in [0.15, 0.2) is 32.7 Å². The number of guanidine groups is 2. The summed E-state index contributed by atoms with van der Waals surface area (Å²) in [4.78, 5) is 7.66. The van der Waals surface area contributed by atoms with Gasteiger partial charge < -0.3 is 21.9 Å². The van der Waals surface area contributed by atoms with Gasteiger partial charge in [0.2, 0.25) is 5.96 Å². The number of hydrogen-bond acceptors (Lipinski definition) is 2. The van der Waals surface area contributed by atoms with Gasteiger partial charge in [-0.15, -0.1) is 0 Å². The molecule has 1 aromatic carbocycles. The highest BCUT2D eigenvalue weighted by atomic mass is 79.9. The van der Waals surface area contributed by atoms with Crippen molar-refractivity contribution in [1.82, 2.24) is 0 Å². The standard InChI is InChI=1S/C11H16BrN5O/c1-18-9-6-8(12)3-2-7(9)4-5-16-11(15)17-10(13)14/h2-3,6H,4-5H2,1H3,(H6,13,14,15,16,17). The van der Waals surface area contributed by atoms with Gasteiger partial charge in [0.05, 0.1) is 7.11 Å². The van der Waals surface area contributed by atoms with E-state index < -0.39 is 0 Å². The number of nitrogens with zero attached hydrogens (tertiary/aromatic N) is 2. The highest BCUT2D eigenvalue weighted by Gasteiger charge is 2.03. The van der Waals surface area contributed by atoms with E-state index in [1.165, 1.54) is 0 Å². The highest BCUT2D eigenvalue weighted by Crippen LogP contribution is 2.23. The zero-order valence-corrected chi connectivity index (χ0v) is 11.6. The summed E-state index contributed by atoms with van der Waals surface area (Å²) in [5.41, 5.74) is 16.9. The van der Waals surface area contributed by atoms with Gasteiger partial charge in [-0.1, -0.05) is 22.0 Å². The first-order valence-corrected chi connectivity index (χ1v) is 6.04. The lowest BCUT2D eigenvalue weighted by Crippen LogP contribution is -2.26. The fourth-order valence-electron chi connectivity index (χ4n) is 1.38. The Kier molecular flexibility index (Phi) is 5.44. The van der Waals surface area contributed by atoms with Crippen LogP contribution in [0.25, 0.3) is 0 Å². The van der Waals surface area contributed by atoms with E-state index in [0.717, 1.165) is 15.8 Å². The third-order valence-corrected chi connectivity index (χ3v) is 2.64. The van der Waals surface area contributed by atoms with Crippen LogP contribution in [0.2, 0.25) is 0 Å². The van der Waals surface area contributed by atoms with Crippen molar-refractivity contribution in [3.05, 3.63) is 28.2 Å². The molecule has 0 aromatic heterocycles. The Balaban J connectivity index is 2.67. The quantitative estimate of drug-likeness (QED) is 0.557. The zero-order valence-electron chi connectivity index (χ0n) is 10.1. The van der Waals surface area contributed by atoms with Crippen LogP contribution in [0, 0.1) is 0 Å². The molecule has 18 heavy (non-hydrogen) atoms. The fourth-order valence-corrected chi connectivity index (χ4v) is 1.72. The SMILES string of the molecule is COc1cc(Br)ccc1CCN=C(N)N=C(N)N. The van der Waals surface area contributed by atoms with Gasteiger partial charge in [-0.05, 0) is 24.1 Å². The third kappa shape index (κ3) is 4.62. The number of rotatable bonds is 4. The number of hydrogen-bond donors (Lipinski definition) is 3. The predicted molar refractivity (Wildman–Crippen MR) is 76.7 cm³/mol. The summed E-state index contributed by atoms with van der Waals surface area (Å²) in [6.45, 7) is 0.487. The largest absolute Gasteiger partial charge is 0.496 e. The molecule has 6 N–H and O–H groups in total. The Morgan fingerprint density at radius 1 is 1.33 bits per heavy atom. The number of nitrogens with two attached hydrogens (primary N) is 3. The van der Waals surface area contributed by atoms with Gasteiger partial charge in [0.1, 0.15) is 5.75 Å². The number of methoxy groups -OCH3 is 1. The van der Waals surface area contributed by atoms with Gasteiger partial charge in [0.25, 0.3) is 0 Å². The Morgan fingerprint density at radius 2 is 2.06 bits per heavy atom. The number of benzene rings is 1. The molecule has 0 aliphatic rings. The van der Waals surface area contributed by atoms with Crippen LogP contribution in [-0.4, -0.2) is 25.6 Å². The van der Waals surface area contributed by atoms with Crippen LogP contribution in [0.1, 0.15) is 5.56 Å². The number of aliphatic imine (C=N–C) groups is 2. The molecular weight excluding hydrogens is 298 g/mol. The molecule has 1 aromatic rings. The number of halogens is 1. The molecule has 0 saturated heterocycles. The van der Waals surface area contributed by atoms with Crippen molar-refractivity contribution in [3.63, 3.8) is 0 Å². The molecule has 0 atom stereocenters. The van der Waals surface area contributed by atoms with Crippen LogP contribution < -0.4 is 21.9 Å². The lowest BCUT2D eigenvalue weighted by atomic mass is 10.1. The molecule has 0 radical (unpaired) electrons. The first kappa shape index (κ1) is 14.3. The number of ether oxygens (including phenoxy) is 1. The Morgan fingerprint density at radius 3 is 2.67 bits per heavy atom. The second-order valence-corrected chi connectivity index (χ2v) is 4.40. The molecule has 98 valence electrons. The Bertz CT molecular complexity index is 469. The molecule has 0 spiro atoms. The monoisotopic (exact) mass is 313 g/mol. The van der Waals surface area contributed by atoms with Gasteiger partial charge in [-0.25, -0.2) is 0 Å². The van der Waals surface area contributed by atoms with E-state index >= 15 is 0 Å². The smallest absolute Gasteiger partial charge is 0.218 e. The van der Waals surface area contributed by atoms with Gasteiger partial charge in [0.15, 0.2) is 5.96 Å². The minimum Gasteiger partial charge on any atom is -0.496 e. The normalized spacial score (nSPS) is 11.1. The summed E-state index contributed by atoms with van der Waals surface area (Å²) in [7, 11) is 1.63. The minimum absolute atomic E-state index is 0.0751. The molecule has 7 heteroatoms. The van der Waals surface area contributed by atoms with Crippen LogP contribution in [0.4, 0.5) is 0 Å². The molecular formula is C11H16BrN5O. The van der Waals surface area contributed by atoms with Gasteiger partial charge >= 0.3 is 0 Å². The molecule has 6 nitrogen and oxygen atoms in total. The first-order valence-electron chi connectivity index (χ1n) is 5.25. The maximum Gasteiger partial charge on any atom is 0.218 e. The van der Waals surface area contributed by atoms with Crippen LogP contribution in [-0.2, 0) is 6.42 Å². The first-order chi connectivity index (χ1) is 8.52. The van der Waals surface area contributed by atoms with Crippen molar-refractivity contribution in [2.45, 2.75) is 6.42 Å². The molecule has 0 unspecified atom stereocenters. The van der Waals surface area contributed by atoms with E-state index in [4.69, 9.17) is 21.9 Å². The predicted octanol–water partition coefficient (Wildman–Crippen LogP) is 0.588. The Labute approximate surface area is 114 Å². The summed E-state index contributed by atoms with van der Waals surface area (Å²) in [5, 5.41) is 0. The zero-order chi connectivity index (χ0) is 13.5. The third-order valence-electron chi connectivity index (χ3n) is 2.15. The van der Waals surface area contributed by atoms with Crippen LogP contribution in [0.5, 0.6) is 5.75 Å². The lowest BCUT2D eigenvalue weighted by Gasteiger charge is -2.07. The Hall–Kier alpha value is -1.76. The fraction of sp³-hybridized carbons (Fsp3) is 0.273. The molecule has 1 rings (SSSR count). The van der Waals surface area contributed by atoms with Crippen molar-refractivity contribution < 1.29 is 4.74 Å². The highest BCUT2D eigenvalue weighted by molar-refractivity contribution is 9.10. The van der Waals surface area contributed by atoms with E-state index in [1.54, 1.807) is 7.11 Å². The lowest BCUT2D eigenvalue weighted by molar-refractivity contribution is 0.409. The average Bonchev–Trinajstić information content (AvgIpc) is 2.30. The van der Waals surface area contributed by atoms with Crippen molar-refractivity contribution in [2.24, 2.45) is 27.2 Å². The second kappa shape index (κ2) is 6.85. The van der Waals surface area contributed by atoms with Gasteiger partial charge in [0, 0.05) is 11.0 Å². The summed E-state index contributed by atoms with van der Waals surface area (Å²) in [6.07, 6.45) is 0.692. The topological polar surface area (TPSA) is 112 Å². The van der Waals surface area contributed by atoms with Gasteiger partial charge in [-0.3, -0.25) is 4.99 Å². The van der Waals surface area contributed by atoms with Crippen molar-refractivity contribution in [2.75, 3.05) is 13.7 Å². The minimum atomic E-state index is -0.0996. The molecule has 0 aliphatic carbocycles. The molecule has 0 bridgehead atoms.